The fourth-order valence-corrected chi connectivity index (χ4v) is 5.50. The van der Waals surface area contributed by atoms with Crippen LogP contribution in [0, 0.1) is 5.41 Å². The molecular weight excluding hydrogens is 476 g/mol. The maximum absolute atomic E-state index is 13.5. The van der Waals surface area contributed by atoms with Gasteiger partial charge in [0, 0.05) is 33.7 Å². The highest BCUT2D eigenvalue weighted by atomic mass is 32.2. The highest BCUT2D eigenvalue weighted by Crippen LogP contribution is 2.40. The van der Waals surface area contributed by atoms with E-state index in [9.17, 15) is 19.5 Å². The van der Waals surface area contributed by atoms with Gasteiger partial charge in [0.25, 0.3) is 0 Å². The Morgan fingerprint density at radius 2 is 1.64 bits per heavy atom. The number of thioether (sulfide) groups is 1. The lowest BCUT2D eigenvalue weighted by molar-refractivity contribution is -0.141. The molecule has 1 aliphatic heterocycles. The maximum atomic E-state index is 13.5. The molecule has 0 radical (unpaired) electrons. The normalized spacial score (nSPS) is 17.2. The number of fused-ring (bicyclic) bond motifs is 1. The van der Waals surface area contributed by atoms with Crippen LogP contribution in [-0.4, -0.2) is 45.3 Å². The van der Waals surface area contributed by atoms with E-state index in [4.69, 9.17) is 16.9 Å². The zero-order valence-electron chi connectivity index (χ0n) is 19.4. The summed E-state index contributed by atoms with van der Waals surface area (Å²) < 4.78 is 0. The second kappa shape index (κ2) is 10.8. The van der Waals surface area contributed by atoms with E-state index in [0.29, 0.717) is 33.6 Å². The standard InChI is InChI=1S/C27H26N4O4S/c28-25(29)18-11-9-17(10-12-18)24(34)19-7-4-8-20-23(19)26(30)31(14-13-16-5-2-1-3-6-16)27(35)21(36-20)15-22(32)33/h1-12,21,26H,13-15,30H2,(H3,28,29)(H,32,33). The third-order valence-electron chi connectivity index (χ3n) is 6.07. The number of hydrogen-bond donors (Lipinski definition) is 4. The summed E-state index contributed by atoms with van der Waals surface area (Å²) in [6.45, 7) is 0.274. The highest BCUT2D eigenvalue weighted by molar-refractivity contribution is 8.00. The number of nitrogens with two attached hydrogens (primary N) is 2. The van der Waals surface area contributed by atoms with Gasteiger partial charge in [-0.2, -0.15) is 0 Å². The summed E-state index contributed by atoms with van der Waals surface area (Å²) in [6, 6.07) is 21.2. The SMILES string of the molecule is N=C(N)c1ccc(C(=O)c2cccc3c2C(N)N(CCc2ccccc2)C(=O)C(CC(=O)O)S3)cc1. The van der Waals surface area contributed by atoms with Crippen LogP contribution in [0.3, 0.4) is 0 Å². The summed E-state index contributed by atoms with van der Waals surface area (Å²) in [5.74, 6) is -1.84. The van der Waals surface area contributed by atoms with Gasteiger partial charge in [0.05, 0.1) is 11.7 Å². The molecule has 9 heteroatoms. The number of nitrogen functional groups attached to an aromatic ring is 1. The molecule has 1 heterocycles. The van der Waals surface area contributed by atoms with Crippen molar-refractivity contribution in [1.82, 2.24) is 4.90 Å². The number of carbonyl (C=O) groups is 3. The molecule has 4 rings (SSSR count). The topological polar surface area (TPSA) is 151 Å². The first-order chi connectivity index (χ1) is 17.3. The smallest absolute Gasteiger partial charge is 0.305 e. The van der Waals surface area contributed by atoms with Crippen LogP contribution >= 0.6 is 11.8 Å². The van der Waals surface area contributed by atoms with Gasteiger partial charge in [-0.1, -0.05) is 66.7 Å². The molecule has 0 spiro atoms. The van der Waals surface area contributed by atoms with Crippen LogP contribution in [0.5, 0.6) is 0 Å². The number of carboxylic acid groups (broad SMARTS) is 1. The van der Waals surface area contributed by atoms with Gasteiger partial charge in [-0.3, -0.25) is 19.8 Å². The number of ketones is 1. The molecule has 0 fully saturated rings. The van der Waals surface area contributed by atoms with Gasteiger partial charge in [-0.15, -0.1) is 11.8 Å². The fourth-order valence-electron chi connectivity index (χ4n) is 4.22. The average molecular weight is 503 g/mol. The van der Waals surface area contributed by atoms with E-state index in [0.717, 1.165) is 17.3 Å². The quantitative estimate of drug-likeness (QED) is 0.210. The van der Waals surface area contributed by atoms with Crippen molar-refractivity contribution in [3.63, 3.8) is 0 Å². The Kier molecular flexibility index (Phi) is 7.52. The van der Waals surface area contributed by atoms with E-state index >= 15 is 0 Å². The molecule has 8 nitrogen and oxygen atoms in total. The lowest BCUT2D eigenvalue weighted by Gasteiger charge is -2.30. The first-order valence-corrected chi connectivity index (χ1v) is 12.2. The van der Waals surface area contributed by atoms with E-state index in [-0.39, 0.29) is 30.5 Å². The molecule has 3 aromatic rings. The summed E-state index contributed by atoms with van der Waals surface area (Å²) in [6.07, 6.45) is -0.760. The van der Waals surface area contributed by atoms with Crippen molar-refractivity contribution >= 4 is 35.3 Å². The first-order valence-electron chi connectivity index (χ1n) is 11.4. The van der Waals surface area contributed by atoms with Crippen molar-refractivity contribution in [1.29, 1.82) is 5.41 Å². The van der Waals surface area contributed by atoms with E-state index in [1.54, 1.807) is 42.5 Å². The van der Waals surface area contributed by atoms with Crippen LogP contribution in [0.2, 0.25) is 0 Å². The minimum atomic E-state index is -1.08. The largest absolute Gasteiger partial charge is 0.481 e. The molecule has 0 bridgehead atoms. The molecule has 0 aliphatic carbocycles. The molecule has 1 amide bonds. The molecule has 0 saturated carbocycles. The minimum Gasteiger partial charge on any atom is -0.481 e. The number of aliphatic carboxylic acids is 1. The van der Waals surface area contributed by atoms with E-state index < -0.39 is 17.4 Å². The predicted octanol–water partition coefficient (Wildman–Crippen LogP) is 3.18. The van der Waals surface area contributed by atoms with Gasteiger partial charge in [0.15, 0.2) is 5.78 Å². The molecule has 184 valence electrons. The fraction of sp³-hybridized carbons (Fsp3) is 0.185. The number of carboxylic acids is 1. The molecule has 0 aromatic heterocycles. The van der Waals surface area contributed by atoms with Gasteiger partial charge >= 0.3 is 5.97 Å². The molecule has 2 atom stereocenters. The second-order valence-corrected chi connectivity index (χ2v) is 9.70. The number of benzene rings is 3. The van der Waals surface area contributed by atoms with Crippen LogP contribution in [0.25, 0.3) is 0 Å². The Balaban J connectivity index is 1.74. The van der Waals surface area contributed by atoms with Gasteiger partial charge in [0.1, 0.15) is 12.0 Å². The number of carbonyl (C=O) groups excluding carboxylic acids is 2. The Morgan fingerprint density at radius 1 is 0.972 bits per heavy atom. The number of amidine groups is 1. The van der Waals surface area contributed by atoms with E-state index in [1.165, 1.54) is 4.90 Å². The zero-order valence-corrected chi connectivity index (χ0v) is 20.2. The molecule has 2 unspecified atom stereocenters. The van der Waals surface area contributed by atoms with Crippen LogP contribution in [0.1, 0.15) is 45.2 Å². The summed E-state index contributed by atoms with van der Waals surface area (Å²) >= 11 is 1.13. The molecule has 3 aromatic carbocycles. The molecule has 36 heavy (non-hydrogen) atoms. The van der Waals surface area contributed by atoms with Crippen molar-refractivity contribution in [3.05, 3.63) is 101 Å². The lowest BCUT2D eigenvalue weighted by Crippen LogP contribution is -2.44. The summed E-state index contributed by atoms with van der Waals surface area (Å²) in [4.78, 5) is 40.7. The Bertz CT molecular complexity index is 1310. The van der Waals surface area contributed by atoms with Crippen LogP contribution < -0.4 is 11.5 Å². The van der Waals surface area contributed by atoms with E-state index in [2.05, 4.69) is 0 Å². The number of rotatable bonds is 8. The summed E-state index contributed by atoms with van der Waals surface area (Å²) in [7, 11) is 0. The highest BCUT2D eigenvalue weighted by Gasteiger charge is 2.37. The number of amides is 1. The third-order valence-corrected chi connectivity index (χ3v) is 7.34. The minimum absolute atomic E-state index is 0.0990. The van der Waals surface area contributed by atoms with Crippen molar-refractivity contribution in [2.45, 2.75) is 29.2 Å². The second-order valence-electron chi connectivity index (χ2n) is 8.45. The first kappa shape index (κ1) is 25.2. The summed E-state index contributed by atoms with van der Waals surface area (Å²) in [5, 5.41) is 16.1. The number of nitrogens with one attached hydrogen (secondary N) is 1. The monoisotopic (exact) mass is 502 g/mol. The summed E-state index contributed by atoms with van der Waals surface area (Å²) in [5.41, 5.74) is 14.9. The molecule has 0 saturated heterocycles. The predicted molar refractivity (Wildman–Crippen MR) is 138 cm³/mol. The van der Waals surface area contributed by atoms with Crippen LogP contribution in [0.4, 0.5) is 0 Å². The van der Waals surface area contributed by atoms with E-state index in [1.807, 2.05) is 30.3 Å². The molecule has 1 aliphatic rings. The van der Waals surface area contributed by atoms with Gasteiger partial charge in [-0.25, -0.2) is 0 Å². The van der Waals surface area contributed by atoms with Crippen molar-refractivity contribution in [2.24, 2.45) is 11.5 Å². The zero-order chi connectivity index (χ0) is 25.8. The Labute approximate surface area is 212 Å². The Morgan fingerprint density at radius 3 is 2.28 bits per heavy atom. The number of nitrogens with zero attached hydrogens (tertiary/aromatic N) is 1. The van der Waals surface area contributed by atoms with Gasteiger partial charge in [-0.05, 0) is 18.1 Å². The Hall–Kier alpha value is -3.95. The average Bonchev–Trinajstić information content (AvgIpc) is 2.97. The van der Waals surface area contributed by atoms with Crippen LogP contribution in [-0.2, 0) is 16.0 Å². The third kappa shape index (κ3) is 5.32. The van der Waals surface area contributed by atoms with Crippen LogP contribution in [0.15, 0.2) is 77.7 Å². The van der Waals surface area contributed by atoms with Crippen molar-refractivity contribution < 1.29 is 19.5 Å². The molecular formula is C27H26N4O4S. The number of hydrogen-bond acceptors (Lipinski definition) is 6. The van der Waals surface area contributed by atoms with Gasteiger partial charge < -0.3 is 21.5 Å². The van der Waals surface area contributed by atoms with Crippen molar-refractivity contribution in [2.75, 3.05) is 6.54 Å². The van der Waals surface area contributed by atoms with Crippen molar-refractivity contribution in [3.8, 4) is 0 Å². The molecule has 6 N–H and O–H groups in total. The van der Waals surface area contributed by atoms with Gasteiger partial charge in [0.2, 0.25) is 5.91 Å². The lowest BCUT2D eigenvalue weighted by atomic mass is 9.95. The maximum Gasteiger partial charge on any atom is 0.305 e.